The summed E-state index contributed by atoms with van der Waals surface area (Å²) in [5.74, 6) is -0.494. The molecule has 0 saturated carbocycles. The Labute approximate surface area is 201 Å². The van der Waals surface area contributed by atoms with Crippen molar-refractivity contribution >= 4 is 33.4 Å². The van der Waals surface area contributed by atoms with E-state index in [1.807, 2.05) is 32.0 Å². The number of amides is 2. The molecule has 1 N–H and O–H groups in total. The van der Waals surface area contributed by atoms with Gasteiger partial charge in [0, 0.05) is 24.7 Å². The number of nitrogens with zero attached hydrogens (tertiary/aromatic N) is 2. The van der Waals surface area contributed by atoms with Crippen molar-refractivity contribution in [3.05, 3.63) is 70.7 Å². The van der Waals surface area contributed by atoms with Crippen LogP contribution in [0.4, 0.5) is 0 Å². The maximum absolute atomic E-state index is 13.4. The predicted molar refractivity (Wildman–Crippen MR) is 131 cm³/mol. The second-order valence-corrected chi connectivity index (χ2v) is 10.9. The van der Waals surface area contributed by atoms with E-state index in [0.29, 0.717) is 11.6 Å². The third-order valence-corrected chi connectivity index (χ3v) is 6.55. The molecule has 0 fully saturated rings. The summed E-state index contributed by atoms with van der Waals surface area (Å²) < 4.78 is 26.0. The topological polar surface area (TPSA) is 86.8 Å². The van der Waals surface area contributed by atoms with E-state index < -0.39 is 22.0 Å². The smallest absolute Gasteiger partial charge is 0.242 e. The molecular formula is C24H32ClN3O4S. The van der Waals surface area contributed by atoms with Crippen molar-refractivity contribution in [3.63, 3.8) is 0 Å². The number of hydrogen-bond donors (Lipinski definition) is 1. The van der Waals surface area contributed by atoms with Crippen molar-refractivity contribution in [3.8, 4) is 0 Å². The van der Waals surface area contributed by atoms with Crippen LogP contribution in [0.1, 0.15) is 31.9 Å². The molecule has 2 amide bonds. The number of rotatable bonds is 11. The molecule has 0 heterocycles. The van der Waals surface area contributed by atoms with Gasteiger partial charge in [0.15, 0.2) is 0 Å². The van der Waals surface area contributed by atoms with E-state index in [9.17, 15) is 18.0 Å². The van der Waals surface area contributed by atoms with Gasteiger partial charge in [-0.2, -0.15) is 4.31 Å². The van der Waals surface area contributed by atoms with Gasteiger partial charge in [-0.3, -0.25) is 9.59 Å². The monoisotopic (exact) mass is 493 g/mol. The maximum atomic E-state index is 13.4. The van der Waals surface area contributed by atoms with Crippen LogP contribution in [0.3, 0.4) is 0 Å². The minimum atomic E-state index is -3.67. The van der Waals surface area contributed by atoms with Crippen molar-refractivity contribution in [1.29, 1.82) is 0 Å². The summed E-state index contributed by atoms with van der Waals surface area (Å²) in [4.78, 5) is 27.5. The lowest BCUT2D eigenvalue weighted by molar-refractivity contribution is -0.140. The van der Waals surface area contributed by atoms with Gasteiger partial charge in [0.25, 0.3) is 0 Å². The molecule has 0 aromatic heterocycles. The SMILES string of the molecule is CC(C)CNC(=O)[C@@H](C)N(Cc1ccc(Cl)cc1)C(=O)CN(Cc1ccccc1)S(C)(=O)=O. The number of benzene rings is 2. The summed E-state index contributed by atoms with van der Waals surface area (Å²) in [6.07, 6.45) is 1.07. The molecule has 1 atom stereocenters. The standard InChI is InChI=1S/C24H32ClN3O4S/c1-18(2)14-26-24(30)19(3)28(16-21-10-12-22(25)13-11-21)23(29)17-27(33(4,31)32)15-20-8-6-5-7-9-20/h5-13,18-19H,14-17H2,1-4H3,(H,26,30)/t19-/m1/s1. The van der Waals surface area contributed by atoms with Crippen LogP contribution in [-0.2, 0) is 32.7 Å². The minimum Gasteiger partial charge on any atom is -0.354 e. The third kappa shape index (κ3) is 8.79. The number of nitrogens with one attached hydrogen (secondary N) is 1. The zero-order valence-electron chi connectivity index (χ0n) is 19.5. The van der Waals surface area contributed by atoms with Gasteiger partial charge in [-0.15, -0.1) is 0 Å². The summed E-state index contributed by atoms with van der Waals surface area (Å²) >= 11 is 5.97. The molecule has 0 aliphatic rings. The van der Waals surface area contributed by atoms with Crippen LogP contribution in [0.2, 0.25) is 5.02 Å². The fraction of sp³-hybridized carbons (Fsp3) is 0.417. The Hall–Kier alpha value is -2.42. The van der Waals surface area contributed by atoms with Crippen molar-refractivity contribution in [2.75, 3.05) is 19.3 Å². The maximum Gasteiger partial charge on any atom is 0.242 e. The quantitative estimate of drug-likeness (QED) is 0.520. The number of halogens is 1. The lowest BCUT2D eigenvalue weighted by Gasteiger charge is -2.31. The minimum absolute atomic E-state index is 0.0636. The van der Waals surface area contributed by atoms with Gasteiger partial charge in [0.1, 0.15) is 6.04 Å². The van der Waals surface area contributed by atoms with Crippen LogP contribution in [-0.4, -0.2) is 54.8 Å². The molecule has 2 rings (SSSR count). The van der Waals surface area contributed by atoms with E-state index in [1.165, 1.54) is 4.90 Å². The molecule has 2 aromatic rings. The highest BCUT2D eigenvalue weighted by Crippen LogP contribution is 2.16. The number of sulfonamides is 1. The zero-order chi connectivity index (χ0) is 24.6. The summed E-state index contributed by atoms with van der Waals surface area (Å²) in [5.41, 5.74) is 1.55. The van der Waals surface area contributed by atoms with E-state index in [2.05, 4.69) is 5.32 Å². The molecule has 0 aliphatic carbocycles. The summed E-state index contributed by atoms with van der Waals surface area (Å²) in [6.45, 7) is 5.93. The number of hydrogen-bond acceptors (Lipinski definition) is 4. The van der Waals surface area contributed by atoms with Crippen LogP contribution in [0.5, 0.6) is 0 Å². The Balaban J connectivity index is 2.27. The molecule has 2 aromatic carbocycles. The largest absolute Gasteiger partial charge is 0.354 e. The predicted octanol–water partition coefficient (Wildman–Crippen LogP) is 3.29. The Bertz CT molecular complexity index is 1030. The molecular weight excluding hydrogens is 462 g/mol. The van der Waals surface area contributed by atoms with Crippen molar-refractivity contribution in [2.24, 2.45) is 5.92 Å². The Kier molecular flexibility index (Phi) is 9.88. The lowest BCUT2D eigenvalue weighted by Crippen LogP contribution is -2.51. The van der Waals surface area contributed by atoms with Gasteiger partial charge < -0.3 is 10.2 Å². The molecule has 180 valence electrons. The molecule has 0 bridgehead atoms. The third-order valence-electron chi connectivity index (χ3n) is 5.10. The van der Waals surface area contributed by atoms with E-state index >= 15 is 0 Å². The first-order chi connectivity index (χ1) is 15.5. The molecule has 0 saturated heterocycles. The van der Waals surface area contributed by atoms with Crippen molar-refractivity contribution in [2.45, 2.75) is 39.9 Å². The first kappa shape index (κ1) is 26.8. The van der Waals surface area contributed by atoms with Gasteiger partial charge >= 0.3 is 0 Å². The lowest BCUT2D eigenvalue weighted by atomic mass is 10.1. The van der Waals surface area contributed by atoms with Crippen LogP contribution in [0, 0.1) is 5.92 Å². The zero-order valence-corrected chi connectivity index (χ0v) is 21.1. The van der Waals surface area contributed by atoms with E-state index in [4.69, 9.17) is 11.6 Å². The van der Waals surface area contributed by atoms with Gasteiger partial charge in [0.05, 0.1) is 12.8 Å². The second kappa shape index (κ2) is 12.2. The first-order valence-corrected chi connectivity index (χ1v) is 13.0. The van der Waals surface area contributed by atoms with E-state index in [1.54, 1.807) is 43.3 Å². The van der Waals surface area contributed by atoms with Crippen LogP contribution in [0.25, 0.3) is 0 Å². The van der Waals surface area contributed by atoms with Crippen LogP contribution < -0.4 is 5.32 Å². The highest BCUT2D eigenvalue weighted by Gasteiger charge is 2.29. The summed E-state index contributed by atoms with van der Waals surface area (Å²) in [6, 6.07) is 15.3. The van der Waals surface area contributed by atoms with E-state index in [-0.39, 0.29) is 31.5 Å². The van der Waals surface area contributed by atoms with Crippen molar-refractivity contribution in [1.82, 2.24) is 14.5 Å². The fourth-order valence-electron chi connectivity index (χ4n) is 3.14. The summed E-state index contributed by atoms with van der Waals surface area (Å²) in [7, 11) is -3.67. The van der Waals surface area contributed by atoms with Gasteiger partial charge in [0.2, 0.25) is 21.8 Å². The second-order valence-electron chi connectivity index (χ2n) is 8.48. The molecule has 33 heavy (non-hydrogen) atoms. The molecule has 0 radical (unpaired) electrons. The molecule has 9 heteroatoms. The summed E-state index contributed by atoms with van der Waals surface area (Å²) in [5, 5.41) is 3.41. The Morgan fingerprint density at radius 1 is 0.939 bits per heavy atom. The number of carbonyl (C=O) groups excluding carboxylic acids is 2. The Morgan fingerprint density at radius 2 is 1.52 bits per heavy atom. The molecule has 0 spiro atoms. The average Bonchev–Trinajstić information content (AvgIpc) is 2.76. The Morgan fingerprint density at radius 3 is 2.06 bits per heavy atom. The normalized spacial score (nSPS) is 12.6. The average molecular weight is 494 g/mol. The van der Waals surface area contributed by atoms with Gasteiger partial charge in [-0.25, -0.2) is 8.42 Å². The van der Waals surface area contributed by atoms with Crippen LogP contribution >= 0.6 is 11.6 Å². The van der Waals surface area contributed by atoms with E-state index in [0.717, 1.165) is 21.7 Å². The number of carbonyl (C=O) groups is 2. The van der Waals surface area contributed by atoms with Crippen molar-refractivity contribution < 1.29 is 18.0 Å². The van der Waals surface area contributed by atoms with Gasteiger partial charge in [-0.05, 0) is 36.1 Å². The highest BCUT2D eigenvalue weighted by atomic mass is 35.5. The highest BCUT2D eigenvalue weighted by molar-refractivity contribution is 7.88. The van der Waals surface area contributed by atoms with Gasteiger partial charge in [-0.1, -0.05) is 67.9 Å². The molecule has 0 unspecified atom stereocenters. The molecule has 0 aliphatic heterocycles. The first-order valence-electron chi connectivity index (χ1n) is 10.8. The molecule has 7 nitrogen and oxygen atoms in total. The van der Waals surface area contributed by atoms with Crippen LogP contribution in [0.15, 0.2) is 54.6 Å². The fourth-order valence-corrected chi connectivity index (χ4v) is 4.00.